The molecular formula is C35H38F6O4. The van der Waals surface area contributed by atoms with Gasteiger partial charge in [-0.25, -0.2) is 17.6 Å². The van der Waals surface area contributed by atoms with Gasteiger partial charge >= 0.3 is 6.11 Å². The number of halogens is 6. The number of alkyl halides is 2. The normalized spacial score (nSPS) is 22.3. The molecule has 5 rings (SSSR count). The van der Waals surface area contributed by atoms with Gasteiger partial charge < -0.3 is 18.9 Å². The van der Waals surface area contributed by atoms with Crippen LogP contribution in [0.25, 0.3) is 0 Å². The molecule has 0 unspecified atom stereocenters. The fourth-order valence-corrected chi connectivity index (χ4v) is 6.04. The van der Waals surface area contributed by atoms with Crippen molar-refractivity contribution in [2.75, 3.05) is 13.2 Å². The Bertz CT molecular complexity index is 1380. The maximum Gasteiger partial charge on any atom is 0.400 e. The molecule has 0 spiro atoms. The Morgan fingerprint density at radius 3 is 2.07 bits per heavy atom. The van der Waals surface area contributed by atoms with E-state index in [0.717, 1.165) is 12.0 Å². The molecule has 10 heteroatoms. The predicted molar refractivity (Wildman–Crippen MR) is 156 cm³/mol. The van der Waals surface area contributed by atoms with Gasteiger partial charge in [-0.05, 0) is 67.3 Å². The molecule has 1 saturated heterocycles. The molecule has 244 valence electrons. The van der Waals surface area contributed by atoms with Gasteiger partial charge in [0.05, 0.1) is 19.1 Å². The Balaban J connectivity index is 1.09. The third-order valence-corrected chi connectivity index (χ3v) is 8.66. The highest BCUT2D eigenvalue weighted by Gasteiger charge is 2.44. The quantitative estimate of drug-likeness (QED) is 0.113. The van der Waals surface area contributed by atoms with E-state index in [1.807, 2.05) is 24.3 Å². The number of unbranched alkanes of at least 4 members (excludes halogenated alkanes) is 2. The molecule has 1 aliphatic carbocycles. The molecule has 0 bridgehead atoms. The van der Waals surface area contributed by atoms with Gasteiger partial charge in [0.1, 0.15) is 23.9 Å². The molecule has 1 saturated carbocycles. The lowest BCUT2D eigenvalue weighted by Crippen LogP contribution is -2.37. The van der Waals surface area contributed by atoms with Gasteiger partial charge in [0.25, 0.3) is 0 Å². The summed E-state index contributed by atoms with van der Waals surface area (Å²) in [6.07, 6.45) is 1.17. The molecule has 0 N–H and O–H groups in total. The van der Waals surface area contributed by atoms with Crippen molar-refractivity contribution in [3.05, 3.63) is 94.6 Å². The van der Waals surface area contributed by atoms with Crippen molar-refractivity contribution in [3.63, 3.8) is 0 Å². The molecule has 4 nitrogen and oxygen atoms in total. The molecule has 3 aromatic rings. The first-order valence-corrected chi connectivity index (χ1v) is 15.6. The second-order valence-corrected chi connectivity index (χ2v) is 12.0. The van der Waals surface area contributed by atoms with Crippen LogP contribution in [0.3, 0.4) is 0 Å². The smallest absolute Gasteiger partial charge is 0.400 e. The fraction of sp³-hybridized carbons (Fsp3) is 0.486. The highest BCUT2D eigenvalue weighted by Crippen LogP contribution is 2.44. The maximum atomic E-state index is 15.1. The number of hydrogen-bond donors (Lipinski definition) is 0. The molecule has 45 heavy (non-hydrogen) atoms. The van der Waals surface area contributed by atoms with E-state index in [1.165, 1.54) is 25.3 Å². The van der Waals surface area contributed by atoms with Gasteiger partial charge in [-0.1, -0.05) is 50.5 Å². The minimum atomic E-state index is -3.73. The van der Waals surface area contributed by atoms with Gasteiger partial charge in [0.2, 0.25) is 0 Å². The SMILES string of the molecule is CCCCCC1COC(c2ccc(OCc3ccc(C4CCC(C(F)(F)Oc5cc(F)c(F)c(F)c5)CC4)c(F)c3)cc2)OC1. The lowest BCUT2D eigenvalue weighted by Gasteiger charge is -2.33. The van der Waals surface area contributed by atoms with E-state index in [9.17, 15) is 22.0 Å². The minimum Gasteiger partial charge on any atom is -0.489 e. The molecule has 1 heterocycles. The van der Waals surface area contributed by atoms with Crippen LogP contribution in [0.1, 0.15) is 87.2 Å². The van der Waals surface area contributed by atoms with Gasteiger partial charge in [-0.2, -0.15) is 8.78 Å². The first-order chi connectivity index (χ1) is 21.6. The molecule has 0 atom stereocenters. The number of hydrogen-bond acceptors (Lipinski definition) is 4. The summed E-state index contributed by atoms with van der Waals surface area (Å²) in [5.41, 5.74) is 1.97. The van der Waals surface area contributed by atoms with Crippen molar-refractivity contribution in [1.82, 2.24) is 0 Å². The van der Waals surface area contributed by atoms with E-state index in [-0.39, 0.29) is 38.2 Å². The van der Waals surface area contributed by atoms with E-state index in [4.69, 9.17) is 14.2 Å². The zero-order valence-electron chi connectivity index (χ0n) is 25.2. The Morgan fingerprint density at radius 1 is 0.778 bits per heavy atom. The second-order valence-electron chi connectivity index (χ2n) is 12.0. The highest BCUT2D eigenvalue weighted by atomic mass is 19.3. The van der Waals surface area contributed by atoms with Crippen LogP contribution in [0.5, 0.6) is 11.5 Å². The lowest BCUT2D eigenvalue weighted by molar-refractivity contribution is -0.222. The lowest BCUT2D eigenvalue weighted by atomic mass is 9.78. The Kier molecular flexibility index (Phi) is 11.0. The second kappa shape index (κ2) is 14.9. The molecule has 2 aliphatic rings. The van der Waals surface area contributed by atoms with Crippen LogP contribution in [0, 0.1) is 35.1 Å². The summed E-state index contributed by atoms with van der Waals surface area (Å²) in [6.45, 7) is 3.69. The van der Waals surface area contributed by atoms with E-state index in [1.54, 1.807) is 12.1 Å². The summed E-state index contributed by atoms with van der Waals surface area (Å²) in [5, 5.41) is 0. The van der Waals surface area contributed by atoms with Crippen molar-refractivity contribution in [1.29, 1.82) is 0 Å². The van der Waals surface area contributed by atoms with Crippen LogP contribution in [0.15, 0.2) is 54.6 Å². The first-order valence-electron chi connectivity index (χ1n) is 15.6. The summed E-state index contributed by atoms with van der Waals surface area (Å²) in [5.74, 6) is -6.68. The summed E-state index contributed by atoms with van der Waals surface area (Å²) in [7, 11) is 0. The number of ether oxygens (including phenoxy) is 4. The standard InChI is InChI=1S/C35H38F6O4/c1-2-3-4-5-23-20-43-34(44-21-23)25-9-13-27(14-10-25)42-19-22-6-15-29(30(36)16-22)24-7-11-26(12-8-24)35(40,41)45-28-17-31(37)33(39)32(38)18-28/h6,9-10,13-18,23-24,26,34H,2-5,7-8,11-12,19-21H2,1H3. The maximum absolute atomic E-state index is 15.1. The van der Waals surface area contributed by atoms with Crippen LogP contribution in [-0.4, -0.2) is 19.3 Å². The Labute approximate surface area is 259 Å². The van der Waals surface area contributed by atoms with E-state index in [0.29, 0.717) is 48.1 Å². The third-order valence-electron chi connectivity index (χ3n) is 8.66. The summed E-state index contributed by atoms with van der Waals surface area (Å²) in [6, 6.07) is 13.0. The number of rotatable bonds is 12. The van der Waals surface area contributed by atoms with Gasteiger partial charge in [0.15, 0.2) is 23.7 Å². The summed E-state index contributed by atoms with van der Waals surface area (Å²) in [4.78, 5) is 0. The first kappa shape index (κ1) is 33.1. The molecule has 3 aromatic carbocycles. The zero-order valence-corrected chi connectivity index (χ0v) is 25.2. The summed E-state index contributed by atoms with van der Waals surface area (Å²) < 4.78 is 107. The van der Waals surface area contributed by atoms with Crippen LogP contribution in [0.2, 0.25) is 0 Å². The van der Waals surface area contributed by atoms with Crippen LogP contribution >= 0.6 is 0 Å². The van der Waals surface area contributed by atoms with E-state index in [2.05, 4.69) is 11.7 Å². The van der Waals surface area contributed by atoms with Crippen molar-refractivity contribution in [3.8, 4) is 11.5 Å². The molecule has 0 aromatic heterocycles. The molecule has 0 amide bonds. The average Bonchev–Trinajstić information content (AvgIpc) is 3.03. The van der Waals surface area contributed by atoms with Crippen molar-refractivity contribution < 1.29 is 45.3 Å². The van der Waals surface area contributed by atoms with Crippen molar-refractivity contribution in [2.45, 2.75) is 83.2 Å². The van der Waals surface area contributed by atoms with Gasteiger partial charge in [-0.15, -0.1) is 0 Å². The van der Waals surface area contributed by atoms with Crippen molar-refractivity contribution in [2.24, 2.45) is 11.8 Å². The Morgan fingerprint density at radius 2 is 1.44 bits per heavy atom. The van der Waals surface area contributed by atoms with Crippen LogP contribution in [0.4, 0.5) is 26.3 Å². The predicted octanol–water partition coefficient (Wildman–Crippen LogP) is 10.0. The van der Waals surface area contributed by atoms with E-state index < -0.39 is 47.3 Å². The largest absolute Gasteiger partial charge is 0.489 e. The Hall–Kier alpha value is -3.24. The monoisotopic (exact) mass is 636 g/mol. The molecule has 2 fully saturated rings. The van der Waals surface area contributed by atoms with Gasteiger partial charge in [0, 0.05) is 23.6 Å². The van der Waals surface area contributed by atoms with Crippen LogP contribution < -0.4 is 9.47 Å². The highest BCUT2D eigenvalue weighted by molar-refractivity contribution is 5.31. The summed E-state index contributed by atoms with van der Waals surface area (Å²) >= 11 is 0. The topological polar surface area (TPSA) is 36.9 Å². The molecular weight excluding hydrogens is 598 g/mol. The number of benzene rings is 3. The third kappa shape index (κ3) is 8.52. The zero-order chi connectivity index (χ0) is 32.0. The van der Waals surface area contributed by atoms with E-state index >= 15 is 4.39 Å². The fourth-order valence-electron chi connectivity index (χ4n) is 6.04. The van der Waals surface area contributed by atoms with Gasteiger partial charge in [-0.3, -0.25) is 0 Å². The average molecular weight is 637 g/mol. The van der Waals surface area contributed by atoms with Crippen LogP contribution in [-0.2, 0) is 16.1 Å². The molecule has 1 aliphatic heterocycles. The molecule has 0 radical (unpaired) electrons. The minimum absolute atomic E-state index is 0.0145. The van der Waals surface area contributed by atoms with Crippen molar-refractivity contribution >= 4 is 0 Å².